The number of aryl methyl sites for hydroxylation is 1. The summed E-state index contributed by atoms with van der Waals surface area (Å²) in [5, 5.41) is 3.56. The van der Waals surface area contributed by atoms with Crippen LogP contribution in [0.3, 0.4) is 0 Å². The maximum atomic E-state index is 13.5. The number of ether oxygens (including phenoxy) is 1. The number of rotatable bonds is 6. The van der Waals surface area contributed by atoms with Gasteiger partial charge in [0.2, 0.25) is 0 Å². The Morgan fingerprint density at radius 3 is 2.31 bits per heavy atom. The van der Waals surface area contributed by atoms with Crippen molar-refractivity contribution in [1.82, 2.24) is 0 Å². The van der Waals surface area contributed by atoms with Crippen molar-refractivity contribution in [3.05, 3.63) is 94.1 Å². The molecule has 162 valence electrons. The highest BCUT2D eigenvalue weighted by Gasteiger charge is 2.41. The van der Waals surface area contributed by atoms with Gasteiger partial charge in [-0.25, -0.2) is 4.90 Å². The Morgan fingerprint density at radius 2 is 1.62 bits per heavy atom. The summed E-state index contributed by atoms with van der Waals surface area (Å²) in [6, 6.07) is 19.8. The maximum Gasteiger partial charge on any atom is 0.282 e. The van der Waals surface area contributed by atoms with Crippen LogP contribution in [0.15, 0.2) is 72.4 Å². The van der Waals surface area contributed by atoms with Crippen molar-refractivity contribution in [2.45, 2.75) is 20.8 Å². The number of para-hydroxylation sites is 1. The van der Waals surface area contributed by atoms with Crippen LogP contribution in [0, 0.1) is 13.8 Å². The number of nitrogens with zero attached hydrogens (tertiary/aromatic N) is 1. The second-order valence-electron chi connectivity index (χ2n) is 7.48. The molecule has 5 nitrogen and oxygen atoms in total. The molecule has 3 aromatic carbocycles. The summed E-state index contributed by atoms with van der Waals surface area (Å²) in [5.41, 5.74) is 4.33. The maximum absolute atomic E-state index is 13.5. The van der Waals surface area contributed by atoms with E-state index in [1.165, 1.54) is 0 Å². The molecule has 1 N–H and O–H groups in total. The fourth-order valence-electron chi connectivity index (χ4n) is 3.67. The first-order chi connectivity index (χ1) is 15.4. The molecule has 0 bridgehead atoms. The van der Waals surface area contributed by atoms with Crippen LogP contribution >= 0.6 is 11.6 Å². The van der Waals surface area contributed by atoms with Gasteiger partial charge in [-0.3, -0.25) is 9.59 Å². The molecular formula is C26H23ClN2O3. The average molecular weight is 447 g/mol. The molecule has 1 aliphatic rings. The molecule has 1 aliphatic heterocycles. The number of halogens is 1. The van der Waals surface area contributed by atoms with Crippen LogP contribution in [-0.4, -0.2) is 18.4 Å². The van der Waals surface area contributed by atoms with Gasteiger partial charge in [-0.05, 0) is 67.8 Å². The standard InChI is InChI=1S/C26H23ClN2O3/c1-4-32-19-14-12-18(13-15-19)23-24(28-21-10-7-8-16(2)17(21)3)26(31)29(25(23)30)22-11-6-5-9-20(22)27/h5-15,28H,4H2,1-3H3. The second-order valence-corrected chi connectivity index (χ2v) is 7.88. The monoisotopic (exact) mass is 446 g/mol. The third-order valence-corrected chi connectivity index (χ3v) is 5.82. The highest BCUT2D eigenvalue weighted by molar-refractivity contribution is 6.48. The smallest absolute Gasteiger partial charge is 0.282 e. The largest absolute Gasteiger partial charge is 0.494 e. The Bertz CT molecular complexity index is 1230. The van der Waals surface area contributed by atoms with Crippen molar-refractivity contribution in [3.63, 3.8) is 0 Å². The first kappa shape index (κ1) is 21.7. The van der Waals surface area contributed by atoms with Crippen LogP contribution in [0.1, 0.15) is 23.6 Å². The molecule has 0 unspecified atom stereocenters. The van der Waals surface area contributed by atoms with Crippen LogP contribution in [0.25, 0.3) is 5.57 Å². The summed E-state index contributed by atoms with van der Waals surface area (Å²) in [4.78, 5) is 28.2. The van der Waals surface area contributed by atoms with Crippen molar-refractivity contribution in [3.8, 4) is 5.75 Å². The van der Waals surface area contributed by atoms with Gasteiger partial charge in [-0.15, -0.1) is 0 Å². The van der Waals surface area contributed by atoms with Gasteiger partial charge in [0.25, 0.3) is 11.8 Å². The molecule has 0 saturated carbocycles. The molecule has 0 spiro atoms. The lowest BCUT2D eigenvalue weighted by molar-refractivity contribution is -0.120. The fourth-order valence-corrected chi connectivity index (χ4v) is 3.89. The summed E-state index contributed by atoms with van der Waals surface area (Å²) >= 11 is 6.34. The minimum atomic E-state index is -0.451. The lowest BCUT2D eigenvalue weighted by Gasteiger charge is -2.17. The van der Waals surface area contributed by atoms with E-state index in [9.17, 15) is 9.59 Å². The molecule has 32 heavy (non-hydrogen) atoms. The molecule has 0 fully saturated rings. The number of amides is 2. The van der Waals surface area contributed by atoms with Gasteiger partial charge in [0.1, 0.15) is 11.4 Å². The fraction of sp³-hybridized carbons (Fsp3) is 0.154. The van der Waals surface area contributed by atoms with Crippen LogP contribution in [0.4, 0.5) is 11.4 Å². The van der Waals surface area contributed by atoms with E-state index in [1.54, 1.807) is 48.5 Å². The summed E-state index contributed by atoms with van der Waals surface area (Å²) in [7, 11) is 0. The van der Waals surface area contributed by atoms with Crippen molar-refractivity contribution in [1.29, 1.82) is 0 Å². The Hall–Kier alpha value is -3.57. The van der Waals surface area contributed by atoms with Gasteiger partial charge in [-0.1, -0.05) is 48.0 Å². The number of benzene rings is 3. The van der Waals surface area contributed by atoms with E-state index >= 15 is 0 Å². The van der Waals surface area contributed by atoms with E-state index in [0.29, 0.717) is 34.2 Å². The average Bonchev–Trinajstić information content (AvgIpc) is 3.02. The Balaban J connectivity index is 1.84. The minimum Gasteiger partial charge on any atom is -0.494 e. The van der Waals surface area contributed by atoms with Crippen molar-refractivity contribution in [2.75, 3.05) is 16.8 Å². The highest BCUT2D eigenvalue weighted by Crippen LogP contribution is 2.37. The SMILES string of the molecule is CCOc1ccc(C2=C(Nc3cccc(C)c3C)C(=O)N(c3ccccc3Cl)C2=O)cc1. The quantitative estimate of drug-likeness (QED) is 0.489. The molecule has 4 rings (SSSR count). The molecule has 0 aliphatic carbocycles. The van der Waals surface area contributed by atoms with Crippen LogP contribution in [0.2, 0.25) is 5.02 Å². The van der Waals surface area contributed by atoms with E-state index in [1.807, 2.05) is 39.0 Å². The Morgan fingerprint density at radius 1 is 0.906 bits per heavy atom. The Labute approximate surface area is 192 Å². The van der Waals surface area contributed by atoms with E-state index < -0.39 is 11.8 Å². The lowest BCUT2D eigenvalue weighted by Crippen LogP contribution is -2.32. The van der Waals surface area contributed by atoms with Gasteiger partial charge in [0.15, 0.2) is 0 Å². The van der Waals surface area contributed by atoms with Gasteiger partial charge in [-0.2, -0.15) is 0 Å². The molecule has 1 heterocycles. The normalized spacial score (nSPS) is 13.7. The van der Waals surface area contributed by atoms with Crippen molar-refractivity contribution in [2.24, 2.45) is 0 Å². The molecule has 0 radical (unpaired) electrons. The molecule has 6 heteroatoms. The topological polar surface area (TPSA) is 58.6 Å². The van der Waals surface area contributed by atoms with E-state index in [0.717, 1.165) is 21.7 Å². The molecular weight excluding hydrogens is 424 g/mol. The zero-order valence-corrected chi connectivity index (χ0v) is 18.9. The zero-order chi connectivity index (χ0) is 22.8. The first-order valence-corrected chi connectivity index (χ1v) is 10.7. The summed E-state index contributed by atoms with van der Waals surface area (Å²) in [5.74, 6) is -0.187. The molecule has 0 saturated heterocycles. The summed E-state index contributed by atoms with van der Waals surface area (Å²) < 4.78 is 5.52. The predicted molar refractivity (Wildman–Crippen MR) is 128 cm³/mol. The van der Waals surface area contributed by atoms with Crippen molar-refractivity contribution < 1.29 is 14.3 Å². The van der Waals surface area contributed by atoms with E-state index in [4.69, 9.17) is 16.3 Å². The number of anilines is 2. The molecule has 0 aromatic heterocycles. The van der Waals surface area contributed by atoms with Crippen molar-refractivity contribution >= 4 is 40.4 Å². The highest BCUT2D eigenvalue weighted by atomic mass is 35.5. The number of carbonyl (C=O) groups is 2. The van der Waals surface area contributed by atoms with Gasteiger partial charge in [0, 0.05) is 5.69 Å². The third-order valence-electron chi connectivity index (χ3n) is 5.50. The van der Waals surface area contributed by atoms with E-state index in [2.05, 4.69) is 5.32 Å². The number of nitrogens with one attached hydrogen (secondary N) is 1. The van der Waals surface area contributed by atoms with Crippen LogP contribution in [0.5, 0.6) is 5.75 Å². The molecule has 3 aromatic rings. The van der Waals surface area contributed by atoms with Crippen LogP contribution < -0.4 is 15.0 Å². The van der Waals surface area contributed by atoms with Gasteiger partial charge < -0.3 is 10.1 Å². The summed E-state index contributed by atoms with van der Waals surface area (Å²) in [6.45, 7) is 6.42. The Kier molecular flexibility index (Phi) is 6.01. The first-order valence-electron chi connectivity index (χ1n) is 10.4. The minimum absolute atomic E-state index is 0.216. The number of hydrogen-bond acceptors (Lipinski definition) is 4. The molecule has 0 atom stereocenters. The predicted octanol–water partition coefficient (Wildman–Crippen LogP) is 5.75. The second kappa shape index (κ2) is 8.89. The van der Waals surface area contributed by atoms with Gasteiger partial charge >= 0.3 is 0 Å². The summed E-state index contributed by atoms with van der Waals surface area (Å²) in [6.07, 6.45) is 0. The number of hydrogen-bond donors (Lipinski definition) is 1. The van der Waals surface area contributed by atoms with E-state index in [-0.39, 0.29) is 5.70 Å². The zero-order valence-electron chi connectivity index (χ0n) is 18.1. The van der Waals surface area contributed by atoms with Crippen LogP contribution in [-0.2, 0) is 9.59 Å². The molecule has 2 amide bonds. The van der Waals surface area contributed by atoms with Gasteiger partial charge in [0.05, 0.1) is 22.9 Å². The third kappa shape index (κ3) is 3.87. The number of carbonyl (C=O) groups excluding carboxylic acids is 2. The number of imide groups is 1. The lowest BCUT2D eigenvalue weighted by atomic mass is 10.0.